The lowest BCUT2D eigenvalue weighted by molar-refractivity contribution is -0.136. The molecule has 0 unspecified atom stereocenters. The van der Waals surface area contributed by atoms with Gasteiger partial charge in [0, 0.05) is 6.54 Å². The maximum absolute atomic E-state index is 11.8. The third kappa shape index (κ3) is 4.48. The van der Waals surface area contributed by atoms with E-state index in [1.807, 2.05) is 12.1 Å². The molecule has 0 radical (unpaired) electrons. The number of nitrogens with zero attached hydrogens (tertiary/aromatic N) is 2. The molecular weight excluding hydrogens is 326 g/mol. The zero-order valence-electron chi connectivity index (χ0n) is 13.8. The molecule has 0 saturated carbocycles. The molecule has 0 spiro atoms. The number of ether oxygens (including phenoxy) is 2. The first-order valence-corrected chi connectivity index (χ1v) is 7.32. The lowest BCUT2D eigenvalue weighted by Gasteiger charge is -2.10. The molecule has 1 aromatic heterocycles. The summed E-state index contributed by atoms with van der Waals surface area (Å²) in [4.78, 5) is 23.6. The van der Waals surface area contributed by atoms with Crippen LogP contribution in [0.25, 0.3) is 0 Å². The van der Waals surface area contributed by atoms with Crippen LogP contribution < -0.4 is 20.1 Å². The van der Waals surface area contributed by atoms with Crippen molar-refractivity contribution < 1.29 is 19.1 Å². The molecule has 130 valence electrons. The largest absolute Gasteiger partial charge is 0.493 e. The van der Waals surface area contributed by atoms with Gasteiger partial charge in [0.15, 0.2) is 11.5 Å². The van der Waals surface area contributed by atoms with Crippen LogP contribution in [-0.4, -0.2) is 42.8 Å². The van der Waals surface area contributed by atoms with Gasteiger partial charge in [0.1, 0.15) is 17.5 Å². The molecule has 3 N–H and O–H groups in total. The number of methoxy groups -OCH3 is 2. The summed E-state index contributed by atoms with van der Waals surface area (Å²) in [6, 6.07) is 7.26. The van der Waals surface area contributed by atoms with Crippen molar-refractivity contribution in [1.82, 2.24) is 15.5 Å². The van der Waals surface area contributed by atoms with Gasteiger partial charge in [0.05, 0.1) is 20.4 Å². The number of hydrogen-bond donors (Lipinski definition) is 3. The van der Waals surface area contributed by atoms with Gasteiger partial charge in [-0.05, 0) is 24.1 Å². The minimum absolute atomic E-state index is 0.0857. The van der Waals surface area contributed by atoms with Crippen LogP contribution in [0.2, 0.25) is 0 Å². The predicted molar refractivity (Wildman–Crippen MR) is 88.2 cm³/mol. The van der Waals surface area contributed by atoms with Crippen LogP contribution in [0.5, 0.6) is 11.5 Å². The summed E-state index contributed by atoms with van der Waals surface area (Å²) in [5.74, 6) is -0.399. The number of H-pyrrole nitrogens is 1. The average Bonchev–Trinajstić information content (AvgIpc) is 3.08. The number of aromatic nitrogens is 2. The van der Waals surface area contributed by atoms with E-state index in [1.165, 1.54) is 6.20 Å². The Morgan fingerprint density at radius 3 is 2.68 bits per heavy atom. The summed E-state index contributed by atoms with van der Waals surface area (Å²) in [6.07, 6.45) is 1.76. The SMILES string of the molecule is COc1ccc(CCNC(=O)C(=O)Nc2[nH]ncc2C#N)cc1OC. The quantitative estimate of drug-likeness (QED) is 0.659. The highest BCUT2D eigenvalue weighted by atomic mass is 16.5. The van der Waals surface area contributed by atoms with Crippen LogP contribution >= 0.6 is 0 Å². The summed E-state index contributed by atoms with van der Waals surface area (Å²) in [5, 5.41) is 19.7. The van der Waals surface area contributed by atoms with E-state index in [1.54, 1.807) is 26.4 Å². The third-order valence-corrected chi connectivity index (χ3v) is 3.35. The second-order valence-electron chi connectivity index (χ2n) is 4.92. The van der Waals surface area contributed by atoms with Gasteiger partial charge in [-0.2, -0.15) is 10.4 Å². The molecule has 0 atom stereocenters. The van der Waals surface area contributed by atoms with Gasteiger partial charge in [0.2, 0.25) is 0 Å². The molecule has 9 heteroatoms. The fourth-order valence-corrected chi connectivity index (χ4v) is 2.07. The Kier molecular flexibility index (Phi) is 5.95. The summed E-state index contributed by atoms with van der Waals surface area (Å²) in [5.41, 5.74) is 1.06. The number of anilines is 1. The second-order valence-corrected chi connectivity index (χ2v) is 4.92. The van der Waals surface area contributed by atoms with Crippen LogP contribution in [0.15, 0.2) is 24.4 Å². The number of rotatable bonds is 6. The highest BCUT2D eigenvalue weighted by Gasteiger charge is 2.16. The normalized spacial score (nSPS) is 9.80. The highest BCUT2D eigenvalue weighted by molar-refractivity contribution is 6.39. The van der Waals surface area contributed by atoms with Crippen molar-refractivity contribution in [1.29, 1.82) is 5.26 Å². The summed E-state index contributed by atoms with van der Waals surface area (Å²) >= 11 is 0. The molecule has 2 rings (SSSR count). The first-order chi connectivity index (χ1) is 12.1. The van der Waals surface area contributed by atoms with Gasteiger partial charge in [-0.15, -0.1) is 0 Å². The summed E-state index contributed by atoms with van der Waals surface area (Å²) in [6.45, 7) is 0.260. The van der Waals surface area contributed by atoms with E-state index in [4.69, 9.17) is 14.7 Å². The van der Waals surface area contributed by atoms with E-state index in [0.717, 1.165) is 5.56 Å². The van der Waals surface area contributed by atoms with E-state index in [2.05, 4.69) is 20.8 Å². The number of nitrogens with one attached hydrogen (secondary N) is 3. The van der Waals surface area contributed by atoms with Gasteiger partial charge in [-0.1, -0.05) is 6.07 Å². The lowest BCUT2D eigenvalue weighted by atomic mass is 10.1. The van der Waals surface area contributed by atoms with E-state index >= 15 is 0 Å². The van der Waals surface area contributed by atoms with Gasteiger partial charge in [0.25, 0.3) is 0 Å². The van der Waals surface area contributed by atoms with E-state index in [9.17, 15) is 9.59 Å². The first-order valence-electron chi connectivity index (χ1n) is 7.32. The Labute approximate surface area is 143 Å². The fraction of sp³-hybridized carbons (Fsp3) is 0.250. The molecule has 0 aliphatic heterocycles. The number of aromatic amines is 1. The topological polar surface area (TPSA) is 129 Å². The first kappa shape index (κ1) is 17.8. The number of amides is 2. The lowest BCUT2D eigenvalue weighted by Crippen LogP contribution is -2.36. The Morgan fingerprint density at radius 1 is 1.24 bits per heavy atom. The predicted octanol–water partition coefficient (Wildman–Crippen LogP) is 0.596. The molecule has 25 heavy (non-hydrogen) atoms. The molecule has 0 aliphatic rings. The molecule has 0 saturated heterocycles. The third-order valence-electron chi connectivity index (χ3n) is 3.35. The van der Waals surface area contributed by atoms with Crippen LogP contribution in [0.3, 0.4) is 0 Å². The fourth-order valence-electron chi connectivity index (χ4n) is 2.07. The zero-order chi connectivity index (χ0) is 18.2. The summed E-state index contributed by atoms with van der Waals surface area (Å²) < 4.78 is 10.4. The molecule has 0 bridgehead atoms. The van der Waals surface area contributed by atoms with Gasteiger partial charge in [-0.25, -0.2) is 0 Å². The van der Waals surface area contributed by atoms with Crippen molar-refractivity contribution in [2.45, 2.75) is 6.42 Å². The monoisotopic (exact) mass is 343 g/mol. The summed E-state index contributed by atoms with van der Waals surface area (Å²) in [7, 11) is 3.09. The van der Waals surface area contributed by atoms with Gasteiger partial charge < -0.3 is 20.1 Å². The Hall–Kier alpha value is -3.54. The number of nitriles is 1. The molecule has 0 aliphatic carbocycles. The van der Waals surface area contributed by atoms with Crippen molar-refractivity contribution in [3.63, 3.8) is 0 Å². The second kappa shape index (κ2) is 8.35. The van der Waals surface area contributed by atoms with Crippen LogP contribution in [0.1, 0.15) is 11.1 Å². The van der Waals surface area contributed by atoms with Crippen LogP contribution in [0.4, 0.5) is 5.82 Å². The zero-order valence-corrected chi connectivity index (χ0v) is 13.8. The van der Waals surface area contributed by atoms with Crippen molar-refractivity contribution in [2.24, 2.45) is 0 Å². The van der Waals surface area contributed by atoms with E-state index in [0.29, 0.717) is 17.9 Å². The molecule has 2 aromatic rings. The number of hydrogen-bond acceptors (Lipinski definition) is 6. The smallest absolute Gasteiger partial charge is 0.314 e. The van der Waals surface area contributed by atoms with Crippen molar-refractivity contribution >= 4 is 17.6 Å². The molecule has 1 aromatic carbocycles. The maximum atomic E-state index is 11.8. The molecule has 2 amide bonds. The molecule has 0 fully saturated rings. The van der Waals surface area contributed by atoms with Gasteiger partial charge >= 0.3 is 11.8 Å². The minimum Gasteiger partial charge on any atom is -0.493 e. The average molecular weight is 343 g/mol. The van der Waals surface area contributed by atoms with Crippen molar-refractivity contribution in [3.8, 4) is 17.6 Å². The highest BCUT2D eigenvalue weighted by Crippen LogP contribution is 2.27. The number of carbonyl (C=O) groups excluding carboxylic acids is 2. The number of carbonyl (C=O) groups is 2. The standard InChI is InChI=1S/C16H17N5O4/c1-24-12-4-3-10(7-13(12)25-2)5-6-18-15(22)16(23)20-14-11(8-17)9-19-21-14/h3-4,7,9H,5-6H2,1-2H3,(H,18,22)(H2,19,20,21,23). The molecular formula is C16H17N5O4. The number of benzene rings is 1. The van der Waals surface area contributed by atoms with E-state index in [-0.39, 0.29) is 17.9 Å². The van der Waals surface area contributed by atoms with Crippen LogP contribution in [-0.2, 0) is 16.0 Å². The Balaban J connectivity index is 1.86. The van der Waals surface area contributed by atoms with Gasteiger partial charge in [-0.3, -0.25) is 14.7 Å². The molecule has 1 heterocycles. The van der Waals surface area contributed by atoms with Crippen LogP contribution in [0, 0.1) is 11.3 Å². The Bertz CT molecular complexity index is 809. The molecule has 9 nitrogen and oxygen atoms in total. The van der Waals surface area contributed by atoms with Crippen molar-refractivity contribution in [3.05, 3.63) is 35.5 Å². The van der Waals surface area contributed by atoms with Crippen molar-refractivity contribution in [2.75, 3.05) is 26.1 Å². The van der Waals surface area contributed by atoms with E-state index < -0.39 is 11.8 Å². The Morgan fingerprint density at radius 2 is 2.00 bits per heavy atom. The minimum atomic E-state index is -0.881. The maximum Gasteiger partial charge on any atom is 0.314 e.